The van der Waals surface area contributed by atoms with E-state index in [1.54, 1.807) is 6.33 Å². The van der Waals surface area contributed by atoms with E-state index in [2.05, 4.69) is 17.1 Å². The summed E-state index contributed by atoms with van der Waals surface area (Å²) in [7, 11) is 0. The van der Waals surface area contributed by atoms with E-state index in [0.717, 1.165) is 36.0 Å². The van der Waals surface area contributed by atoms with Crippen LogP contribution in [0, 0.1) is 6.92 Å². The summed E-state index contributed by atoms with van der Waals surface area (Å²) in [6.07, 6.45) is 3.76. The van der Waals surface area contributed by atoms with Crippen LogP contribution in [-0.4, -0.2) is 26.9 Å². The van der Waals surface area contributed by atoms with E-state index in [1.807, 2.05) is 46.7 Å². The summed E-state index contributed by atoms with van der Waals surface area (Å²) in [4.78, 5) is 19.3. The minimum Gasteiger partial charge on any atom is -0.334 e. The number of benzene rings is 2. The number of halogens is 1. The predicted molar refractivity (Wildman–Crippen MR) is 99.6 cm³/mol. The van der Waals surface area contributed by atoms with E-state index in [-0.39, 0.29) is 11.9 Å². The van der Waals surface area contributed by atoms with Crippen LogP contribution in [0.1, 0.15) is 30.0 Å². The second kappa shape index (κ2) is 6.52. The van der Waals surface area contributed by atoms with Gasteiger partial charge >= 0.3 is 0 Å². The molecule has 25 heavy (non-hydrogen) atoms. The fraction of sp³-hybridized carbons (Fsp3) is 0.300. The van der Waals surface area contributed by atoms with Crippen LogP contribution in [-0.2, 0) is 11.3 Å². The molecule has 0 bridgehead atoms. The van der Waals surface area contributed by atoms with Crippen molar-refractivity contribution in [2.24, 2.45) is 0 Å². The molecule has 5 heteroatoms. The Morgan fingerprint density at radius 2 is 2.16 bits per heavy atom. The number of aryl methyl sites for hydroxylation is 1. The van der Waals surface area contributed by atoms with Gasteiger partial charge in [-0.1, -0.05) is 29.8 Å². The van der Waals surface area contributed by atoms with Crippen LogP contribution in [0.4, 0.5) is 0 Å². The van der Waals surface area contributed by atoms with Crippen LogP contribution in [0.3, 0.4) is 0 Å². The van der Waals surface area contributed by atoms with Crippen LogP contribution in [0.15, 0.2) is 48.8 Å². The standard InChI is InChI=1S/C20H20ClN3O/c1-14-7-8-17-19(10-14)23(13-22-17)12-20(25)24-9-3-6-18(24)15-4-2-5-16(21)11-15/h2,4-5,7-8,10-11,13,18H,3,6,9,12H2,1H3. The summed E-state index contributed by atoms with van der Waals surface area (Å²) in [5.74, 6) is 0.128. The van der Waals surface area contributed by atoms with Gasteiger partial charge < -0.3 is 9.47 Å². The van der Waals surface area contributed by atoms with Crippen LogP contribution >= 0.6 is 11.6 Å². The third-order valence-electron chi connectivity index (χ3n) is 4.89. The first kappa shape index (κ1) is 16.2. The van der Waals surface area contributed by atoms with E-state index in [4.69, 9.17) is 11.6 Å². The van der Waals surface area contributed by atoms with Gasteiger partial charge in [-0.15, -0.1) is 0 Å². The Bertz CT molecular complexity index is 934. The minimum absolute atomic E-state index is 0.114. The van der Waals surface area contributed by atoms with Crippen molar-refractivity contribution in [3.63, 3.8) is 0 Å². The molecule has 3 aromatic rings. The monoisotopic (exact) mass is 353 g/mol. The number of carbonyl (C=O) groups excluding carboxylic acids is 1. The van der Waals surface area contributed by atoms with Gasteiger partial charge in [0.1, 0.15) is 6.54 Å². The number of fused-ring (bicyclic) bond motifs is 1. The van der Waals surface area contributed by atoms with Gasteiger partial charge in [0.25, 0.3) is 0 Å². The highest BCUT2D eigenvalue weighted by atomic mass is 35.5. The first-order valence-corrected chi connectivity index (χ1v) is 8.96. The lowest BCUT2D eigenvalue weighted by Gasteiger charge is -2.25. The average Bonchev–Trinajstić information content (AvgIpc) is 3.22. The molecule has 1 amide bonds. The van der Waals surface area contributed by atoms with E-state index >= 15 is 0 Å². The van der Waals surface area contributed by atoms with E-state index in [9.17, 15) is 4.79 Å². The molecule has 1 atom stereocenters. The molecule has 0 spiro atoms. The number of likely N-dealkylation sites (tertiary alicyclic amines) is 1. The van der Waals surface area contributed by atoms with Crippen molar-refractivity contribution in [1.82, 2.24) is 14.5 Å². The third kappa shape index (κ3) is 3.14. The zero-order valence-electron chi connectivity index (χ0n) is 14.2. The van der Waals surface area contributed by atoms with Gasteiger partial charge in [0, 0.05) is 11.6 Å². The van der Waals surface area contributed by atoms with Crippen molar-refractivity contribution in [2.75, 3.05) is 6.54 Å². The molecule has 2 heterocycles. The second-order valence-corrected chi connectivity index (χ2v) is 7.10. The molecule has 0 saturated carbocycles. The van der Waals surface area contributed by atoms with Crippen LogP contribution in [0.5, 0.6) is 0 Å². The summed E-state index contributed by atoms with van der Waals surface area (Å²) in [5, 5.41) is 0.716. The topological polar surface area (TPSA) is 38.1 Å². The third-order valence-corrected chi connectivity index (χ3v) is 5.12. The number of rotatable bonds is 3. The smallest absolute Gasteiger partial charge is 0.243 e. The Kier molecular flexibility index (Phi) is 4.22. The van der Waals surface area contributed by atoms with Crippen molar-refractivity contribution in [3.05, 3.63) is 64.9 Å². The van der Waals surface area contributed by atoms with Crippen molar-refractivity contribution in [2.45, 2.75) is 32.4 Å². The summed E-state index contributed by atoms with van der Waals surface area (Å²) in [5.41, 5.74) is 4.21. The Morgan fingerprint density at radius 3 is 3.00 bits per heavy atom. The average molecular weight is 354 g/mol. The SMILES string of the molecule is Cc1ccc2ncn(CC(=O)N3CCCC3c3cccc(Cl)c3)c2c1. The molecule has 1 aliphatic heterocycles. The highest BCUT2D eigenvalue weighted by molar-refractivity contribution is 6.30. The molecule has 0 N–H and O–H groups in total. The van der Waals surface area contributed by atoms with Gasteiger partial charge in [-0.2, -0.15) is 0 Å². The van der Waals surface area contributed by atoms with Gasteiger partial charge in [0.15, 0.2) is 0 Å². The number of imidazole rings is 1. The molecule has 2 aromatic carbocycles. The molecule has 1 unspecified atom stereocenters. The maximum absolute atomic E-state index is 13.0. The minimum atomic E-state index is 0.114. The largest absolute Gasteiger partial charge is 0.334 e. The summed E-state index contributed by atoms with van der Waals surface area (Å²) in [6.45, 7) is 3.16. The first-order chi connectivity index (χ1) is 12.1. The number of aromatic nitrogens is 2. The summed E-state index contributed by atoms with van der Waals surface area (Å²) in [6, 6.07) is 14.1. The number of nitrogens with zero attached hydrogens (tertiary/aromatic N) is 3. The molecule has 4 nitrogen and oxygen atoms in total. The molecule has 1 aliphatic rings. The van der Waals surface area contributed by atoms with Gasteiger partial charge in [0.05, 0.1) is 23.4 Å². The predicted octanol–water partition coefficient (Wildman–Crippen LogP) is 4.36. The highest BCUT2D eigenvalue weighted by Gasteiger charge is 2.30. The van der Waals surface area contributed by atoms with Crippen molar-refractivity contribution in [1.29, 1.82) is 0 Å². The zero-order valence-corrected chi connectivity index (χ0v) is 14.9. The maximum atomic E-state index is 13.0. The molecule has 1 fully saturated rings. The molecule has 4 rings (SSSR count). The normalized spacial score (nSPS) is 17.4. The van der Waals surface area contributed by atoms with E-state index in [1.165, 1.54) is 5.56 Å². The number of carbonyl (C=O) groups is 1. The van der Waals surface area contributed by atoms with Crippen molar-refractivity contribution in [3.8, 4) is 0 Å². The Morgan fingerprint density at radius 1 is 1.28 bits per heavy atom. The van der Waals surface area contributed by atoms with Crippen molar-refractivity contribution < 1.29 is 4.79 Å². The maximum Gasteiger partial charge on any atom is 0.243 e. The van der Waals surface area contributed by atoms with Gasteiger partial charge in [0.2, 0.25) is 5.91 Å². The fourth-order valence-electron chi connectivity index (χ4n) is 3.65. The Balaban J connectivity index is 1.58. The molecule has 128 valence electrons. The first-order valence-electron chi connectivity index (χ1n) is 8.58. The van der Waals surface area contributed by atoms with Gasteiger partial charge in [-0.05, 0) is 55.2 Å². The van der Waals surface area contributed by atoms with Gasteiger partial charge in [-0.3, -0.25) is 4.79 Å². The fourth-order valence-corrected chi connectivity index (χ4v) is 3.85. The van der Waals surface area contributed by atoms with E-state index < -0.39 is 0 Å². The summed E-state index contributed by atoms with van der Waals surface area (Å²) < 4.78 is 1.94. The number of hydrogen-bond donors (Lipinski definition) is 0. The second-order valence-electron chi connectivity index (χ2n) is 6.66. The van der Waals surface area contributed by atoms with Crippen LogP contribution < -0.4 is 0 Å². The van der Waals surface area contributed by atoms with E-state index in [0.29, 0.717) is 11.6 Å². The molecular weight excluding hydrogens is 334 g/mol. The lowest BCUT2D eigenvalue weighted by Crippen LogP contribution is -2.33. The van der Waals surface area contributed by atoms with Crippen LogP contribution in [0.25, 0.3) is 11.0 Å². The lowest BCUT2D eigenvalue weighted by atomic mass is 10.0. The molecule has 1 saturated heterocycles. The molecular formula is C20H20ClN3O. The van der Waals surface area contributed by atoms with Gasteiger partial charge in [-0.25, -0.2) is 4.98 Å². The lowest BCUT2D eigenvalue weighted by molar-refractivity contribution is -0.132. The quantitative estimate of drug-likeness (QED) is 0.701. The Hall–Kier alpha value is -2.33. The summed E-state index contributed by atoms with van der Waals surface area (Å²) >= 11 is 6.13. The Labute approximate surface area is 152 Å². The van der Waals surface area contributed by atoms with Crippen molar-refractivity contribution >= 4 is 28.5 Å². The van der Waals surface area contributed by atoms with Crippen LogP contribution in [0.2, 0.25) is 5.02 Å². The number of hydrogen-bond acceptors (Lipinski definition) is 2. The molecule has 1 aromatic heterocycles. The molecule has 0 aliphatic carbocycles. The zero-order chi connectivity index (χ0) is 17.4. The number of amides is 1. The highest BCUT2D eigenvalue weighted by Crippen LogP contribution is 2.33. The molecule has 0 radical (unpaired) electrons.